The van der Waals surface area contributed by atoms with E-state index in [0.717, 1.165) is 29.8 Å². The van der Waals surface area contributed by atoms with Gasteiger partial charge in [-0.15, -0.1) is 11.6 Å². The molecule has 0 spiro atoms. The van der Waals surface area contributed by atoms with Gasteiger partial charge in [-0.3, -0.25) is 4.79 Å². The van der Waals surface area contributed by atoms with Gasteiger partial charge in [0.25, 0.3) is 0 Å². The van der Waals surface area contributed by atoms with E-state index in [1.54, 1.807) is 6.92 Å². The van der Waals surface area contributed by atoms with Crippen molar-refractivity contribution >= 4 is 17.4 Å². The SMILES string of the molecule is CCC(C)(CC)n1c(C)cc(C(=O)C(C)Cl)c1C. The van der Waals surface area contributed by atoms with Gasteiger partial charge in [-0.1, -0.05) is 13.8 Å². The van der Waals surface area contributed by atoms with Crippen molar-refractivity contribution in [3.63, 3.8) is 0 Å². The molecule has 1 aromatic rings. The fraction of sp³-hybridized carbons (Fsp3) is 0.667. The maximum atomic E-state index is 12.1. The summed E-state index contributed by atoms with van der Waals surface area (Å²) in [5, 5.41) is -0.464. The summed E-state index contributed by atoms with van der Waals surface area (Å²) < 4.78 is 2.29. The third-order valence-electron chi connectivity index (χ3n) is 4.12. The largest absolute Gasteiger partial charge is 0.343 e. The number of alkyl halides is 1. The van der Waals surface area contributed by atoms with Gasteiger partial charge in [0.15, 0.2) is 5.78 Å². The second-order valence-electron chi connectivity index (χ2n) is 5.30. The van der Waals surface area contributed by atoms with E-state index in [1.165, 1.54) is 0 Å². The second-order valence-corrected chi connectivity index (χ2v) is 5.96. The minimum atomic E-state index is -0.464. The maximum absolute atomic E-state index is 12.1. The summed E-state index contributed by atoms with van der Waals surface area (Å²) in [6.07, 6.45) is 2.09. The summed E-state index contributed by atoms with van der Waals surface area (Å²) in [4.78, 5) is 12.1. The van der Waals surface area contributed by atoms with Crippen molar-refractivity contribution < 1.29 is 4.79 Å². The molecule has 3 heteroatoms. The number of aryl methyl sites for hydroxylation is 1. The summed E-state index contributed by atoms with van der Waals surface area (Å²) in [7, 11) is 0. The molecule has 0 N–H and O–H groups in total. The first-order chi connectivity index (χ1) is 8.28. The molecule has 0 saturated carbocycles. The molecule has 0 fully saturated rings. The topological polar surface area (TPSA) is 22.0 Å². The molecule has 2 nitrogen and oxygen atoms in total. The molecule has 1 atom stereocenters. The third-order valence-corrected chi connectivity index (χ3v) is 4.32. The van der Waals surface area contributed by atoms with Gasteiger partial charge in [0.05, 0.1) is 5.38 Å². The van der Waals surface area contributed by atoms with Crippen molar-refractivity contribution in [2.45, 2.75) is 65.3 Å². The van der Waals surface area contributed by atoms with Gasteiger partial charge in [-0.2, -0.15) is 0 Å². The van der Waals surface area contributed by atoms with Gasteiger partial charge in [0, 0.05) is 22.5 Å². The molecule has 1 heterocycles. The monoisotopic (exact) mass is 269 g/mol. The lowest BCUT2D eigenvalue weighted by Gasteiger charge is -2.32. The Labute approximate surface area is 115 Å². The van der Waals surface area contributed by atoms with E-state index in [2.05, 4.69) is 32.3 Å². The highest BCUT2D eigenvalue weighted by molar-refractivity contribution is 6.33. The van der Waals surface area contributed by atoms with E-state index >= 15 is 0 Å². The lowest BCUT2D eigenvalue weighted by atomic mass is 9.94. The molecule has 0 aromatic carbocycles. The first-order valence-corrected chi connectivity index (χ1v) is 7.09. The Morgan fingerprint density at radius 1 is 1.39 bits per heavy atom. The highest BCUT2D eigenvalue weighted by atomic mass is 35.5. The first kappa shape index (κ1) is 15.3. The molecule has 0 saturated heterocycles. The van der Waals surface area contributed by atoms with Crippen LogP contribution in [0.4, 0.5) is 0 Å². The Bertz CT molecular complexity index is 442. The smallest absolute Gasteiger partial charge is 0.182 e. The number of rotatable bonds is 5. The zero-order valence-electron chi connectivity index (χ0n) is 12.3. The van der Waals surface area contributed by atoms with Crippen molar-refractivity contribution in [3.8, 4) is 0 Å². The Kier molecular flexibility index (Phi) is 4.66. The number of ketones is 1. The van der Waals surface area contributed by atoms with Gasteiger partial charge in [-0.05, 0) is 46.6 Å². The van der Waals surface area contributed by atoms with Crippen LogP contribution < -0.4 is 0 Å². The highest BCUT2D eigenvalue weighted by Crippen LogP contribution is 2.31. The zero-order chi connectivity index (χ0) is 14.1. The number of carbonyl (C=O) groups excluding carboxylic acids is 1. The third kappa shape index (κ3) is 2.49. The first-order valence-electron chi connectivity index (χ1n) is 6.66. The fourth-order valence-electron chi connectivity index (χ4n) is 2.62. The minimum absolute atomic E-state index is 0.0190. The molecule has 0 aliphatic heterocycles. The summed E-state index contributed by atoms with van der Waals surface area (Å²) in [6, 6.07) is 1.97. The number of aromatic nitrogens is 1. The zero-order valence-corrected chi connectivity index (χ0v) is 13.1. The van der Waals surface area contributed by atoms with Crippen LogP contribution in [0.25, 0.3) is 0 Å². The number of carbonyl (C=O) groups is 1. The Morgan fingerprint density at radius 2 is 1.89 bits per heavy atom. The standard InChI is InChI=1S/C15H24ClNO/c1-7-15(6,8-2)17-10(3)9-13(12(17)5)14(18)11(4)16/h9,11H,7-8H2,1-6H3. The van der Waals surface area contributed by atoms with Crippen LogP contribution in [0.2, 0.25) is 0 Å². The lowest BCUT2D eigenvalue weighted by molar-refractivity contribution is 0.0990. The van der Waals surface area contributed by atoms with Crippen LogP contribution in [0.5, 0.6) is 0 Å². The van der Waals surface area contributed by atoms with Gasteiger partial charge in [-0.25, -0.2) is 0 Å². The number of hydrogen-bond acceptors (Lipinski definition) is 1. The van der Waals surface area contributed by atoms with Gasteiger partial charge >= 0.3 is 0 Å². The van der Waals surface area contributed by atoms with Crippen molar-refractivity contribution in [1.82, 2.24) is 4.57 Å². The van der Waals surface area contributed by atoms with Crippen LogP contribution in [-0.2, 0) is 5.54 Å². The van der Waals surface area contributed by atoms with Gasteiger partial charge < -0.3 is 4.57 Å². The van der Waals surface area contributed by atoms with Crippen LogP contribution in [0.3, 0.4) is 0 Å². The van der Waals surface area contributed by atoms with E-state index < -0.39 is 5.38 Å². The summed E-state index contributed by atoms with van der Waals surface area (Å²) in [5.74, 6) is 0.0190. The predicted molar refractivity (Wildman–Crippen MR) is 77.8 cm³/mol. The summed E-state index contributed by atoms with van der Waals surface area (Å²) in [6.45, 7) is 12.4. The van der Waals surface area contributed by atoms with Crippen LogP contribution in [-0.4, -0.2) is 15.7 Å². The number of nitrogens with zero attached hydrogens (tertiary/aromatic N) is 1. The fourth-order valence-corrected chi connectivity index (χ4v) is 2.74. The Hall–Kier alpha value is -0.760. The number of Topliss-reactive ketones (excluding diaryl/α,β-unsaturated/α-hetero) is 1. The number of hydrogen-bond donors (Lipinski definition) is 0. The molecule has 0 aliphatic carbocycles. The molecule has 0 radical (unpaired) electrons. The average Bonchev–Trinajstić information content (AvgIpc) is 2.63. The molecule has 1 rings (SSSR count). The molecule has 18 heavy (non-hydrogen) atoms. The average molecular weight is 270 g/mol. The Morgan fingerprint density at radius 3 is 2.28 bits per heavy atom. The van der Waals surface area contributed by atoms with E-state index in [1.807, 2.05) is 13.0 Å². The van der Waals surface area contributed by atoms with E-state index in [4.69, 9.17) is 11.6 Å². The maximum Gasteiger partial charge on any atom is 0.182 e. The molecule has 102 valence electrons. The molecule has 0 aliphatic rings. The number of halogens is 1. The van der Waals surface area contributed by atoms with Crippen LogP contribution >= 0.6 is 11.6 Å². The van der Waals surface area contributed by atoms with Crippen LogP contribution in [0, 0.1) is 13.8 Å². The van der Waals surface area contributed by atoms with Crippen molar-refractivity contribution in [1.29, 1.82) is 0 Å². The van der Waals surface area contributed by atoms with Gasteiger partial charge in [0.1, 0.15) is 0 Å². The normalized spacial score (nSPS) is 13.7. The molecule has 1 aromatic heterocycles. The van der Waals surface area contributed by atoms with Crippen LogP contribution in [0.15, 0.2) is 6.07 Å². The highest BCUT2D eigenvalue weighted by Gasteiger charge is 2.28. The van der Waals surface area contributed by atoms with E-state index in [-0.39, 0.29) is 11.3 Å². The summed E-state index contributed by atoms with van der Waals surface area (Å²) >= 11 is 5.92. The lowest BCUT2D eigenvalue weighted by Crippen LogP contribution is -2.30. The van der Waals surface area contributed by atoms with E-state index in [0.29, 0.717) is 0 Å². The molecule has 1 unspecified atom stereocenters. The predicted octanol–water partition coefficient (Wildman–Crippen LogP) is 4.45. The summed E-state index contributed by atoms with van der Waals surface area (Å²) in [5.41, 5.74) is 3.01. The molecular weight excluding hydrogens is 246 g/mol. The van der Waals surface area contributed by atoms with Crippen LogP contribution in [0.1, 0.15) is 62.3 Å². The molecular formula is C15H24ClNO. The quantitative estimate of drug-likeness (QED) is 0.572. The molecule has 0 amide bonds. The second kappa shape index (κ2) is 5.48. The van der Waals surface area contributed by atoms with Crippen molar-refractivity contribution in [2.24, 2.45) is 0 Å². The van der Waals surface area contributed by atoms with Crippen molar-refractivity contribution in [2.75, 3.05) is 0 Å². The van der Waals surface area contributed by atoms with Crippen molar-refractivity contribution in [3.05, 3.63) is 23.0 Å². The Balaban J connectivity index is 3.37. The minimum Gasteiger partial charge on any atom is -0.343 e. The van der Waals surface area contributed by atoms with E-state index in [9.17, 15) is 4.79 Å². The molecule has 0 bridgehead atoms. The van der Waals surface area contributed by atoms with Gasteiger partial charge in [0.2, 0.25) is 0 Å².